The molecule has 8 nitrogen and oxygen atoms in total. The summed E-state index contributed by atoms with van der Waals surface area (Å²) in [4.78, 5) is 40.7. The van der Waals surface area contributed by atoms with Crippen LogP contribution in [-0.4, -0.2) is 49.1 Å². The molecule has 0 aromatic heterocycles. The third-order valence-electron chi connectivity index (χ3n) is 6.57. The fourth-order valence-electron chi connectivity index (χ4n) is 4.43. The maximum absolute atomic E-state index is 13.1. The van der Waals surface area contributed by atoms with Gasteiger partial charge in [0.05, 0.1) is 31.1 Å². The van der Waals surface area contributed by atoms with E-state index in [2.05, 4.69) is 21.2 Å². The van der Waals surface area contributed by atoms with Crippen molar-refractivity contribution in [3.63, 3.8) is 0 Å². The van der Waals surface area contributed by atoms with Gasteiger partial charge in [0.15, 0.2) is 11.5 Å². The van der Waals surface area contributed by atoms with Gasteiger partial charge in [-0.15, -0.1) is 11.8 Å². The van der Waals surface area contributed by atoms with E-state index in [1.807, 2.05) is 36.4 Å². The maximum Gasteiger partial charge on any atom is 0.261 e. The molecule has 10 heteroatoms. The SMILES string of the molecule is COc1ccc(CCN2C(=O)c3ccc(Oc4ccc(NC(=O)CSc5ccc(Br)cc5)cc4)cc3C2=O)cc1OC. The lowest BCUT2D eigenvalue weighted by atomic mass is 10.1. The van der Waals surface area contributed by atoms with Crippen molar-refractivity contribution in [1.82, 2.24) is 4.90 Å². The Morgan fingerprint density at radius 2 is 1.50 bits per heavy atom. The van der Waals surface area contributed by atoms with Crippen molar-refractivity contribution in [1.29, 1.82) is 0 Å². The number of fused-ring (bicyclic) bond motifs is 1. The number of nitrogens with one attached hydrogen (secondary N) is 1. The lowest BCUT2D eigenvalue weighted by molar-refractivity contribution is -0.113. The first-order chi connectivity index (χ1) is 20.3. The second kappa shape index (κ2) is 13.1. The van der Waals surface area contributed by atoms with Crippen LogP contribution in [0, 0.1) is 0 Å². The molecule has 0 saturated heterocycles. The van der Waals surface area contributed by atoms with Crippen molar-refractivity contribution in [3.05, 3.63) is 106 Å². The van der Waals surface area contributed by atoms with Gasteiger partial charge < -0.3 is 19.5 Å². The summed E-state index contributed by atoms with van der Waals surface area (Å²) < 4.78 is 17.6. The summed E-state index contributed by atoms with van der Waals surface area (Å²) in [5.74, 6) is 1.63. The molecule has 1 N–H and O–H groups in total. The van der Waals surface area contributed by atoms with Gasteiger partial charge in [-0.05, 0) is 90.8 Å². The minimum Gasteiger partial charge on any atom is -0.493 e. The van der Waals surface area contributed by atoms with Crippen molar-refractivity contribution in [2.24, 2.45) is 0 Å². The first-order valence-electron chi connectivity index (χ1n) is 13.0. The van der Waals surface area contributed by atoms with Crippen LogP contribution >= 0.6 is 27.7 Å². The van der Waals surface area contributed by atoms with Gasteiger partial charge in [-0.3, -0.25) is 19.3 Å². The topological polar surface area (TPSA) is 94.2 Å². The van der Waals surface area contributed by atoms with Crippen LogP contribution in [0.5, 0.6) is 23.0 Å². The predicted molar refractivity (Wildman–Crippen MR) is 165 cm³/mol. The summed E-state index contributed by atoms with van der Waals surface area (Å²) in [7, 11) is 3.13. The average Bonchev–Trinajstić information content (AvgIpc) is 3.24. The zero-order valence-corrected chi connectivity index (χ0v) is 25.3. The maximum atomic E-state index is 13.1. The number of hydrogen-bond acceptors (Lipinski definition) is 7. The molecule has 42 heavy (non-hydrogen) atoms. The molecule has 0 spiro atoms. The molecule has 0 bridgehead atoms. The van der Waals surface area contributed by atoms with Gasteiger partial charge in [-0.25, -0.2) is 0 Å². The molecule has 0 radical (unpaired) electrons. The number of hydrogen-bond donors (Lipinski definition) is 1. The predicted octanol–water partition coefficient (Wildman–Crippen LogP) is 6.83. The number of anilines is 1. The lowest BCUT2D eigenvalue weighted by Crippen LogP contribution is -2.31. The Morgan fingerprint density at radius 3 is 2.21 bits per heavy atom. The van der Waals surface area contributed by atoms with Gasteiger partial charge in [0, 0.05) is 21.6 Å². The van der Waals surface area contributed by atoms with Crippen LogP contribution in [-0.2, 0) is 11.2 Å². The number of nitrogens with zero attached hydrogens (tertiary/aromatic N) is 1. The Balaban J connectivity index is 1.17. The monoisotopic (exact) mass is 646 g/mol. The molecule has 4 aromatic carbocycles. The first kappa shape index (κ1) is 29.2. The van der Waals surface area contributed by atoms with E-state index in [1.165, 1.54) is 16.7 Å². The third-order valence-corrected chi connectivity index (χ3v) is 8.11. The zero-order valence-electron chi connectivity index (χ0n) is 22.9. The van der Waals surface area contributed by atoms with Crippen molar-refractivity contribution in [2.75, 3.05) is 31.8 Å². The van der Waals surface area contributed by atoms with Crippen molar-refractivity contribution < 1.29 is 28.6 Å². The molecule has 214 valence electrons. The normalized spacial score (nSPS) is 12.2. The molecule has 0 saturated carbocycles. The average molecular weight is 648 g/mol. The summed E-state index contributed by atoms with van der Waals surface area (Å²) in [6.45, 7) is 0.229. The molecule has 4 aromatic rings. The van der Waals surface area contributed by atoms with E-state index >= 15 is 0 Å². The van der Waals surface area contributed by atoms with Crippen LogP contribution in [0.2, 0.25) is 0 Å². The standard InChI is InChI=1S/C32H27BrN2O6S/c1-39-28-14-3-20(17-29(28)40-2)15-16-35-31(37)26-13-10-24(18-27(26)32(35)38)41-23-8-6-22(7-9-23)34-30(36)19-42-25-11-4-21(33)5-12-25/h3-14,17-18H,15-16,19H2,1-2H3,(H,34,36). The second-order valence-corrected chi connectivity index (χ2v) is 11.3. The van der Waals surface area contributed by atoms with E-state index in [-0.39, 0.29) is 30.0 Å². The highest BCUT2D eigenvalue weighted by atomic mass is 79.9. The number of amides is 3. The van der Waals surface area contributed by atoms with E-state index < -0.39 is 0 Å². The van der Waals surface area contributed by atoms with Crippen LogP contribution in [0.1, 0.15) is 26.3 Å². The van der Waals surface area contributed by atoms with Crippen LogP contribution in [0.3, 0.4) is 0 Å². The quantitative estimate of drug-likeness (QED) is 0.141. The van der Waals surface area contributed by atoms with E-state index in [4.69, 9.17) is 14.2 Å². The number of methoxy groups -OCH3 is 2. The molecule has 1 heterocycles. The van der Waals surface area contributed by atoms with Gasteiger partial charge in [-0.2, -0.15) is 0 Å². The largest absolute Gasteiger partial charge is 0.493 e. The van der Waals surface area contributed by atoms with Gasteiger partial charge in [-0.1, -0.05) is 22.0 Å². The second-order valence-electron chi connectivity index (χ2n) is 9.33. The summed E-state index contributed by atoms with van der Waals surface area (Å²) in [6, 6.07) is 25.1. The highest BCUT2D eigenvalue weighted by Crippen LogP contribution is 2.31. The molecule has 1 aliphatic heterocycles. The van der Waals surface area contributed by atoms with E-state index in [0.29, 0.717) is 46.2 Å². The minimum absolute atomic E-state index is 0.117. The number of halogens is 1. The van der Waals surface area contributed by atoms with E-state index in [1.54, 1.807) is 62.8 Å². The molecule has 0 atom stereocenters. The molecule has 0 unspecified atom stereocenters. The fraction of sp³-hybridized carbons (Fsp3) is 0.156. The van der Waals surface area contributed by atoms with Gasteiger partial charge >= 0.3 is 0 Å². The summed E-state index contributed by atoms with van der Waals surface area (Å²) in [5, 5.41) is 2.87. The molecule has 3 amide bonds. The van der Waals surface area contributed by atoms with Crippen LogP contribution in [0.4, 0.5) is 5.69 Å². The van der Waals surface area contributed by atoms with Crippen molar-refractivity contribution in [2.45, 2.75) is 11.3 Å². The number of carbonyl (C=O) groups is 3. The highest BCUT2D eigenvalue weighted by molar-refractivity contribution is 9.10. The zero-order chi connectivity index (χ0) is 29.6. The molecular weight excluding hydrogens is 620 g/mol. The first-order valence-corrected chi connectivity index (χ1v) is 14.8. The van der Waals surface area contributed by atoms with Crippen LogP contribution in [0.15, 0.2) is 94.3 Å². The number of thioether (sulfide) groups is 1. The number of carbonyl (C=O) groups excluding carboxylic acids is 3. The fourth-order valence-corrected chi connectivity index (χ4v) is 5.40. The summed E-state index contributed by atoms with van der Waals surface area (Å²) >= 11 is 4.86. The Bertz CT molecular complexity index is 1630. The Morgan fingerprint density at radius 1 is 0.810 bits per heavy atom. The summed E-state index contributed by atoms with van der Waals surface area (Å²) in [5.41, 5.74) is 2.20. The van der Waals surface area contributed by atoms with Crippen molar-refractivity contribution in [3.8, 4) is 23.0 Å². The molecular formula is C32H27BrN2O6S. The van der Waals surface area contributed by atoms with Gasteiger partial charge in [0.1, 0.15) is 11.5 Å². The van der Waals surface area contributed by atoms with Gasteiger partial charge in [0.2, 0.25) is 5.91 Å². The van der Waals surface area contributed by atoms with E-state index in [0.717, 1.165) is 14.9 Å². The molecule has 5 rings (SSSR count). The number of imide groups is 1. The van der Waals surface area contributed by atoms with Crippen molar-refractivity contribution >= 4 is 51.1 Å². The Labute approximate surface area is 256 Å². The Kier molecular flexibility index (Phi) is 9.14. The molecule has 1 aliphatic rings. The smallest absolute Gasteiger partial charge is 0.261 e. The lowest BCUT2D eigenvalue weighted by Gasteiger charge is -2.14. The molecule has 0 fully saturated rings. The molecule has 0 aliphatic carbocycles. The van der Waals surface area contributed by atoms with E-state index in [9.17, 15) is 14.4 Å². The highest BCUT2D eigenvalue weighted by Gasteiger charge is 2.35. The minimum atomic E-state index is -0.361. The third kappa shape index (κ3) is 6.78. The summed E-state index contributed by atoms with van der Waals surface area (Å²) in [6.07, 6.45) is 0.473. The number of benzene rings is 4. The van der Waals surface area contributed by atoms with Crippen LogP contribution < -0.4 is 19.5 Å². The van der Waals surface area contributed by atoms with Crippen LogP contribution in [0.25, 0.3) is 0 Å². The number of ether oxygens (including phenoxy) is 3. The number of rotatable bonds is 11. The Hall–Kier alpha value is -4.28. The van der Waals surface area contributed by atoms with Gasteiger partial charge in [0.25, 0.3) is 11.8 Å².